The van der Waals surface area contributed by atoms with E-state index in [0.29, 0.717) is 11.6 Å². The number of anilines is 1. The number of carbonyl (C=O) groups excluding carboxylic acids is 2. The van der Waals surface area contributed by atoms with Gasteiger partial charge in [-0.3, -0.25) is 9.69 Å². The summed E-state index contributed by atoms with van der Waals surface area (Å²) in [6, 6.07) is 9.55. The van der Waals surface area contributed by atoms with Crippen LogP contribution in [-0.4, -0.2) is 41.0 Å². The Labute approximate surface area is 187 Å². The van der Waals surface area contributed by atoms with Crippen LogP contribution >= 0.6 is 11.3 Å². The lowest BCUT2D eigenvalue weighted by Crippen LogP contribution is -2.34. The number of nitrogens with one attached hydrogen (secondary N) is 2. The van der Waals surface area contributed by atoms with Crippen molar-refractivity contribution in [2.75, 3.05) is 18.4 Å². The van der Waals surface area contributed by atoms with Gasteiger partial charge in [-0.2, -0.15) is 0 Å². The third kappa shape index (κ3) is 6.51. The SMILES string of the molecule is O=C(N[C@@H]1CC[C@H](C(=O)Nc2nc(CN3CCCCC3)cs2)C1)OCc1ccccc1. The van der Waals surface area contributed by atoms with Crippen LogP contribution in [0.1, 0.15) is 49.8 Å². The topological polar surface area (TPSA) is 83.6 Å². The Bertz CT molecular complexity index is 867. The molecule has 4 rings (SSSR count). The monoisotopic (exact) mass is 442 g/mol. The van der Waals surface area contributed by atoms with Gasteiger partial charge in [-0.05, 0) is 50.8 Å². The van der Waals surface area contributed by atoms with Gasteiger partial charge in [0, 0.05) is 23.9 Å². The highest BCUT2D eigenvalue weighted by molar-refractivity contribution is 7.13. The van der Waals surface area contributed by atoms with Gasteiger partial charge in [0.25, 0.3) is 0 Å². The second kappa shape index (κ2) is 10.7. The Hall–Kier alpha value is -2.45. The van der Waals surface area contributed by atoms with E-state index in [1.807, 2.05) is 35.7 Å². The van der Waals surface area contributed by atoms with E-state index in [9.17, 15) is 9.59 Å². The van der Waals surface area contributed by atoms with Gasteiger partial charge in [0.15, 0.2) is 5.13 Å². The van der Waals surface area contributed by atoms with Crippen LogP contribution in [0.5, 0.6) is 0 Å². The van der Waals surface area contributed by atoms with Gasteiger partial charge >= 0.3 is 6.09 Å². The fraction of sp³-hybridized carbons (Fsp3) is 0.522. The molecule has 2 aliphatic rings. The molecule has 1 saturated carbocycles. The number of ether oxygens (including phenoxy) is 1. The molecule has 2 atom stereocenters. The van der Waals surface area contributed by atoms with Crippen LogP contribution in [0.4, 0.5) is 9.93 Å². The number of carbonyl (C=O) groups is 2. The van der Waals surface area contributed by atoms with E-state index in [4.69, 9.17) is 4.74 Å². The smallest absolute Gasteiger partial charge is 0.407 e. The molecule has 8 heteroatoms. The number of hydrogen-bond donors (Lipinski definition) is 2. The summed E-state index contributed by atoms with van der Waals surface area (Å²) in [7, 11) is 0. The first-order chi connectivity index (χ1) is 15.2. The number of amides is 2. The maximum atomic E-state index is 12.7. The van der Waals surface area contributed by atoms with Crippen molar-refractivity contribution in [3.63, 3.8) is 0 Å². The van der Waals surface area contributed by atoms with Crippen molar-refractivity contribution in [1.29, 1.82) is 0 Å². The van der Waals surface area contributed by atoms with Gasteiger partial charge in [-0.15, -0.1) is 11.3 Å². The number of aromatic nitrogens is 1. The first kappa shape index (κ1) is 21.8. The van der Waals surface area contributed by atoms with Crippen molar-refractivity contribution < 1.29 is 14.3 Å². The number of likely N-dealkylation sites (tertiary alicyclic amines) is 1. The highest BCUT2D eigenvalue weighted by Gasteiger charge is 2.31. The van der Waals surface area contributed by atoms with E-state index in [2.05, 4.69) is 20.5 Å². The molecule has 1 aliphatic heterocycles. The lowest BCUT2D eigenvalue weighted by Gasteiger charge is -2.25. The maximum Gasteiger partial charge on any atom is 0.407 e. The third-order valence-electron chi connectivity index (χ3n) is 5.95. The zero-order valence-corrected chi connectivity index (χ0v) is 18.5. The van der Waals surface area contributed by atoms with Gasteiger partial charge < -0.3 is 15.4 Å². The largest absolute Gasteiger partial charge is 0.445 e. The zero-order chi connectivity index (χ0) is 21.5. The van der Waals surface area contributed by atoms with E-state index < -0.39 is 6.09 Å². The Morgan fingerprint density at radius 2 is 1.94 bits per heavy atom. The minimum atomic E-state index is -0.433. The van der Waals surface area contributed by atoms with Crippen molar-refractivity contribution in [3.05, 3.63) is 47.0 Å². The fourth-order valence-electron chi connectivity index (χ4n) is 4.27. The van der Waals surface area contributed by atoms with Crippen LogP contribution in [-0.2, 0) is 22.7 Å². The molecule has 2 heterocycles. The number of alkyl carbamates (subject to hydrolysis) is 1. The first-order valence-corrected chi connectivity index (χ1v) is 12.0. The van der Waals surface area contributed by atoms with Crippen molar-refractivity contribution >= 4 is 28.5 Å². The molecule has 1 aliphatic carbocycles. The van der Waals surface area contributed by atoms with Crippen molar-refractivity contribution in [1.82, 2.24) is 15.2 Å². The third-order valence-corrected chi connectivity index (χ3v) is 6.76. The van der Waals surface area contributed by atoms with E-state index in [0.717, 1.165) is 43.7 Å². The van der Waals surface area contributed by atoms with Crippen LogP contribution in [0.15, 0.2) is 35.7 Å². The molecule has 2 N–H and O–H groups in total. The van der Waals surface area contributed by atoms with Gasteiger partial charge in [-0.1, -0.05) is 36.8 Å². The van der Waals surface area contributed by atoms with E-state index >= 15 is 0 Å². The average molecular weight is 443 g/mol. The average Bonchev–Trinajstić information content (AvgIpc) is 3.43. The molecule has 0 spiro atoms. The van der Waals surface area contributed by atoms with E-state index in [-0.39, 0.29) is 24.5 Å². The summed E-state index contributed by atoms with van der Waals surface area (Å²) in [5.41, 5.74) is 1.97. The molecule has 7 nitrogen and oxygen atoms in total. The van der Waals surface area contributed by atoms with Crippen LogP contribution in [0, 0.1) is 5.92 Å². The van der Waals surface area contributed by atoms with Crippen LogP contribution in [0.3, 0.4) is 0 Å². The van der Waals surface area contributed by atoms with Crippen LogP contribution in [0.25, 0.3) is 0 Å². The molecule has 0 bridgehead atoms. The minimum absolute atomic E-state index is 0.0131. The molecule has 0 unspecified atom stereocenters. The molecule has 2 amide bonds. The van der Waals surface area contributed by atoms with E-state index in [1.54, 1.807) is 0 Å². The van der Waals surface area contributed by atoms with Crippen LogP contribution < -0.4 is 10.6 Å². The Kier molecular flexibility index (Phi) is 7.53. The van der Waals surface area contributed by atoms with Crippen LogP contribution in [0.2, 0.25) is 0 Å². The molecule has 2 fully saturated rings. The Morgan fingerprint density at radius 3 is 2.74 bits per heavy atom. The van der Waals surface area contributed by atoms with Gasteiger partial charge in [0.2, 0.25) is 5.91 Å². The summed E-state index contributed by atoms with van der Waals surface area (Å²) in [5.74, 6) is -0.130. The lowest BCUT2D eigenvalue weighted by molar-refractivity contribution is -0.119. The second-order valence-electron chi connectivity index (χ2n) is 8.38. The van der Waals surface area contributed by atoms with Gasteiger partial charge in [0.1, 0.15) is 6.61 Å². The molecule has 1 aromatic carbocycles. The molecule has 31 heavy (non-hydrogen) atoms. The lowest BCUT2D eigenvalue weighted by atomic mass is 10.1. The van der Waals surface area contributed by atoms with Gasteiger partial charge in [0.05, 0.1) is 5.69 Å². The summed E-state index contributed by atoms with van der Waals surface area (Å²) in [4.78, 5) is 31.7. The predicted molar refractivity (Wildman–Crippen MR) is 121 cm³/mol. The second-order valence-corrected chi connectivity index (χ2v) is 9.24. The summed E-state index contributed by atoms with van der Waals surface area (Å²) in [5, 5.41) is 8.55. The molecule has 0 radical (unpaired) electrons. The quantitative estimate of drug-likeness (QED) is 0.673. The van der Waals surface area contributed by atoms with Crippen molar-refractivity contribution in [2.45, 2.75) is 57.7 Å². The normalized spacial score (nSPS) is 21.5. The molecule has 2 aromatic rings. The standard InChI is InChI=1S/C23H30N4O3S/c28-21(26-22-24-20(16-31-22)14-27-11-5-2-6-12-27)18-9-10-19(13-18)25-23(29)30-15-17-7-3-1-4-8-17/h1,3-4,7-8,16,18-19H,2,5-6,9-15H2,(H,25,29)(H,24,26,28)/t18-,19+/m0/s1. The number of benzene rings is 1. The van der Waals surface area contributed by atoms with E-state index in [1.165, 1.54) is 30.6 Å². The predicted octanol–water partition coefficient (Wildman–Crippen LogP) is 4.16. The summed E-state index contributed by atoms with van der Waals surface area (Å²) >= 11 is 1.48. The molecule has 1 saturated heterocycles. The number of rotatable bonds is 7. The molecular formula is C23H30N4O3S. The summed E-state index contributed by atoms with van der Waals surface area (Å²) in [6.07, 6.45) is 5.54. The van der Waals surface area contributed by atoms with Gasteiger partial charge in [-0.25, -0.2) is 9.78 Å². The number of hydrogen-bond acceptors (Lipinski definition) is 6. The highest BCUT2D eigenvalue weighted by Crippen LogP contribution is 2.28. The number of thiazole rings is 1. The number of nitrogens with zero attached hydrogens (tertiary/aromatic N) is 2. The summed E-state index contributed by atoms with van der Waals surface area (Å²) in [6.45, 7) is 3.35. The highest BCUT2D eigenvalue weighted by atomic mass is 32.1. The maximum absolute atomic E-state index is 12.7. The molecule has 166 valence electrons. The Morgan fingerprint density at radius 1 is 1.13 bits per heavy atom. The summed E-state index contributed by atoms with van der Waals surface area (Å²) < 4.78 is 5.28. The Balaban J connectivity index is 1.18. The number of piperidine rings is 1. The molecule has 1 aromatic heterocycles. The minimum Gasteiger partial charge on any atom is -0.445 e. The zero-order valence-electron chi connectivity index (χ0n) is 17.7. The van der Waals surface area contributed by atoms with Crippen molar-refractivity contribution in [2.24, 2.45) is 5.92 Å². The molecular weight excluding hydrogens is 412 g/mol. The first-order valence-electron chi connectivity index (χ1n) is 11.1. The van der Waals surface area contributed by atoms with Crippen molar-refractivity contribution in [3.8, 4) is 0 Å². The fourth-order valence-corrected chi connectivity index (χ4v) is 4.98.